The summed E-state index contributed by atoms with van der Waals surface area (Å²) in [6, 6.07) is 8.96. The number of ether oxygens (including phenoxy) is 2. The number of hydrogen-bond acceptors (Lipinski definition) is 7. The second-order valence-electron chi connectivity index (χ2n) is 6.16. The number of para-hydroxylation sites is 2. The van der Waals surface area contributed by atoms with E-state index < -0.39 is 18.5 Å². The van der Waals surface area contributed by atoms with Crippen molar-refractivity contribution in [1.29, 1.82) is 0 Å². The number of amides is 1. The van der Waals surface area contributed by atoms with Crippen molar-refractivity contribution in [2.45, 2.75) is 20.8 Å². The molecule has 0 unspecified atom stereocenters. The van der Waals surface area contributed by atoms with E-state index in [1.54, 1.807) is 18.2 Å². The lowest BCUT2D eigenvalue weighted by Crippen LogP contribution is -2.21. The lowest BCUT2D eigenvalue weighted by atomic mass is 10.1. The van der Waals surface area contributed by atoms with Crippen molar-refractivity contribution in [3.63, 3.8) is 0 Å². The van der Waals surface area contributed by atoms with E-state index in [1.165, 1.54) is 0 Å². The van der Waals surface area contributed by atoms with Crippen molar-refractivity contribution >= 4 is 44.8 Å². The fraction of sp³-hybridized carbons (Fsp3) is 0.250. The molecule has 1 amide bonds. The van der Waals surface area contributed by atoms with Gasteiger partial charge in [-0.05, 0) is 44.5 Å². The molecule has 2 heterocycles. The molecule has 3 aromatic rings. The van der Waals surface area contributed by atoms with Gasteiger partial charge in [-0.2, -0.15) is 0 Å². The predicted octanol–water partition coefficient (Wildman–Crippen LogP) is 3.69. The summed E-state index contributed by atoms with van der Waals surface area (Å²) >= 11 is 1.16. The highest BCUT2D eigenvalue weighted by Gasteiger charge is 2.21. The molecule has 28 heavy (non-hydrogen) atoms. The van der Waals surface area contributed by atoms with Gasteiger partial charge in [0.15, 0.2) is 6.61 Å². The van der Waals surface area contributed by atoms with E-state index in [2.05, 4.69) is 10.3 Å². The van der Waals surface area contributed by atoms with Crippen LogP contribution in [0.15, 0.2) is 30.3 Å². The number of nitrogen functional groups attached to an aromatic ring is 1. The third-order valence-corrected chi connectivity index (χ3v) is 5.08. The summed E-state index contributed by atoms with van der Waals surface area (Å²) < 4.78 is 10.6. The van der Waals surface area contributed by atoms with Crippen LogP contribution in [0.3, 0.4) is 0 Å². The van der Waals surface area contributed by atoms with Crippen LogP contribution in [0.5, 0.6) is 5.75 Å². The Hall–Kier alpha value is -3.13. The molecule has 3 rings (SSSR count). The van der Waals surface area contributed by atoms with Gasteiger partial charge in [0.05, 0.1) is 18.0 Å². The van der Waals surface area contributed by atoms with Gasteiger partial charge in [0, 0.05) is 11.1 Å². The molecule has 0 saturated carbocycles. The maximum Gasteiger partial charge on any atom is 0.351 e. The van der Waals surface area contributed by atoms with Crippen molar-refractivity contribution in [2.75, 3.05) is 24.3 Å². The SMILES string of the molecule is CCOc1ccccc1NC(=O)COC(=O)c1sc2nc(C)cc(C)c2c1N. The molecule has 0 aliphatic carbocycles. The van der Waals surface area contributed by atoms with Crippen LogP contribution in [-0.2, 0) is 9.53 Å². The number of pyridine rings is 1. The monoisotopic (exact) mass is 399 g/mol. The molecule has 0 aliphatic rings. The first-order valence-electron chi connectivity index (χ1n) is 8.75. The Morgan fingerprint density at radius 3 is 2.75 bits per heavy atom. The number of rotatable bonds is 6. The summed E-state index contributed by atoms with van der Waals surface area (Å²) in [4.78, 5) is 30.0. The van der Waals surface area contributed by atoms with E-state index >= 15 is 0 Å². The summed E-state index contributed by atoms with van der Waals surface area (Å²) in [5.74, 6) is -0.563. The van der Waals surface area contributed by atoms with Crippen LogP contribution >= 0.6 is 11.3 Å². The summed E-state index contributed by atoms with van der Waals surface area (Å²) in [6.07, 6.45) is 0. The number of fused-ring (bicyclic) bond motifs is 1. The number of carbonyl (C=O) groups excluding carboxylic acids is 2. The van der Waals surface area contributed by atoms with Gasteiger partial charge in [0.25, 0.3) is 5.91 Å². The second-order valence-corrected chi connectivity index (χ2v) is 7.16. The number of nitrogens with one attached hydrogen (secondary N) is 1. The lowest BCUT2D eigenvalue weighted by molar-refractivity contribution is -0.119. The largest absolute Gasteiger partial charge is 0.492 e. The van der Waals surface area contributed by atoms with Gasteiger partial charge < -0.3 is 20.5 Å². The highest BCUT2D eigenvalue weighted by atomic mass is 32.1. The summed E-state index contributed by atoms with van der Waals surface area (Å²) in [5, 5.41) is 3.43. The summed E-state index contributed by atoms with van der Waals surface area (Å²) in [6.45, 7) is 5.69. The van der Waals surface area contributed by atoms with Crippen LogP contribution in [-0.4, -0.2) is 30.1 Å². The maximum absolute atomic E-state index is 12.4. The topological polar surface area (TPSA) is 104 Å². The first-order chi connectivity index (χ1) is 13.4. The van der Waals surface area contributed by atoms with Crippen molar-refractivity contribution < 1.29 is 19.1 Å². The van der Waals surface area contributed by atoms with Crippen LogP contribution in [0, 0.1) is 13.8 Å². The smallest absolute Gasteiger partial charge is 0.351 e. The molecule has 3 N–H and O–H groups in total. The molecular formula is C20H21N3O4S. The van der Waals surface area contributed by atoms with E-state index in [1.807, 2.05) is 32.9 Å². The Kier molecular flexibility index (Phi) is 5.79. The minimum absolute atomic E-state index is 0.249. The van der Waals surface area contributed by atoms with Crippen molar-refractivity contribution in [3.05, 3.63) is 46.5 Å². The zero-order chi connectivity index (χ0) is 20.3. The van der Waals surface area contributed by atoms with E-state index in [0.29, 0.717) is 28.6 Å². The van der Waals surface area contributed by atoms with Crippen LogP contribution in [0.2, 0.25) is 0 Å². The molecule has 1 aromatic carbocycles. The van der Waals surface area contributed by atoms with E-state index in [0.717, 1.165) is 28.0 Å². The maximum atomic E-state index is 12.4. The molecule has 7 nitrogen and oxygen atoms in total. The van der Waals surface area contributed by atoms with Crippen molar-refractivity contribution in [2.24, 2.45) is 0 Å². The number of carbonyl (C=O) groups is 2. The highest BCUT2D eigenvalue weighted by molar-refractivity contribution is 7.21. The average molecular weight is 399 g/mol. The van der Waals surface area contributed by atoms with Gasteiger partial charge in [-0.3, -0.25) is 4.79 Å². The summed E-state index contributed by atoms with van der Waals surface area (Å²) in [5.41, 5.74) is 8.76. The van der Waals surface area contributed by atoms with Gasteiger partial charge in [-0.25, -0.2) is 9.78 Å². The van der Waals surface area contributed by atoms with Gasteiger partial charge >= 0.3 is 5.97 Å². The quantitative estimate of drug-likeness (QED) is 0.613. The molecule has 0 bridgehead atoms. The minimum Gasteiger partial charge on any atom is -0.492 e. The lowest BCUT2D eigenvalue weighted by Gasteiger charge is -2.11. The highest BCUT2D eigenvalue weighted by Crippen LogP contribution is 2.35. The number of nitrogens with zero attached hydrogens (tertiary/aromatic N) is 1. The molecular weight excluding hydrogens is 378 g/mol. The van der Waals surface area contributed by atoms with Gasteiger partial charge in [0.2, 0.25) is 0 Å². The Labute approximate surface area is 166 Å². The first kappa shape index (κ1) is 19.6. The zero-order valence-electron chi connectivity index (χ0n) is 15.9. The summed E-state index contributed by atoms with van der Waals surface area (Å²) in [7, 11) is 0. The Bertz CT molecular complexity index is 1050. The molecule has 0 fully saturated rings. The Morgan fingerprint density at radius 1 is 1.25 bits per heavy atom. The normalized spacial score (nSPS) is 10.7. The molecule has 0 aliphatic heterocycles. The third kappa shape index (κ3) is 4.07. The first-order valence-corrected chi connectivity index (χ1v) is 9.57. The number of nitrogens with two attached hydrogens (primary N) is 1. The standard InChI is InChI=1S/C20H21N3O4S/c1-4-26-14-8-6-5-7-13(14)23-15(24)10-27-20(25)18-17(21)16-11(2)9-12(3)22-19(16)28-18/h5-9H,4,10,21H2,1-3H3,(H,23,24). The number of aromatic nitrogens is 1. The van der Waals surface area contributed by atoms with Crippen LogP contribution < -0.4 is 15.8 Å². The van der Waals surface area contributed by atoms with E-state index in [9.17, 15) is 9.59 Å². The van der Waals surface area contributed by atoms with Gasteiger partial charge in [-0.1, -0.05) is 12.1 Å². The van der Waals surface area contributed by atoms with Crippen molar-refractivity contribution in [3.8, 4) is 5.75 Å². The predicted molar refractivity (Wildman–Crippen MR) is 110 cm³/mol. The molecule has 0 saturated heterocycles. The fourth-order valence-electron chi connectivity index (χ4n) is 2.86. The molecule has 8 heteroatoms. The van der Waals surface area contributed by atoms with Crippen LogP contribution in [0.4, 0.5) is 11.4 Å². The van der Waals surface area contributed by atoms with E-state index in [-0.39, 0.29) is 4.88 Å². The zero-order valence-corrected chi connectivity index (χ0v) is 16.7. The van der Waals surface area contributed by atoms with E-state index in [4.69, 9.17) is 15.2 Å². The molecule has 0 radical (unpaired) electrons. The number of hydrogen-bond donors (Lipinski definition) is 2. The third-order valence-electron chi connectivity index (χ3n) is 4.00. The van der Waals surface area contributed by atoms with Gasteiger partial charge in [-0.15, -0.1) is 11.3 Å². The van der Waals surface area contributed by atoms with Crippen LogP contribution in [0.1, 0.15) is 27.9 Å². The molecule has 2 aromatic heterocycles. The number of benzene rings is 1. The fourth-order valence-corrected chi connectivity index (χ4v) is 3.97. The number of aryl methyl sites for hydroxylation is 2. The number of anilines is 2. The average Bonchev–Trinajstić information content (AvgIpc) is 2.98. The van der Waals surface area contributed by atoms with Gasteiger partial charge in [0.1, 0.15) is 15.5 Å². The molecule has 0 atom stereocenters. The minimum atomic E-state index is -0.647. The molecule has 146 valence electrons. The van der Waals surface area contributed by atoms with Crippen molar-refractivity contribution in [1.82, 2.24) is 4.98 Å². The second kappa shape index (κ2) is 8.26. The Balaban J connectivity index is 1.69. The number of thiophene rings is 1. The van der Waals surface area contributed by atoms with Crippen LogP contribution in [0.25, 0.3) is 10.2 Å². The Morgan fingerprint density at radius 2 is 2.00 bits per heavy atom. The molecule has 0 spiro atoms. The number of esters is 1.